The molecule has 1 aromatic carbocycles. The van der Waals surface area contributed by atoms with Crippen molar-refractivity contribution in [2.24, 2.45) is 0 Å². The summed E-state index contributed by atoms with van der Waals surface area (Å²) in [4.78, 5) is 20.5. The van der Waals surface area contributed by atoms with Gasteiger partial charge >= 0.3 is 0 Å². The van der Waals surface area contributed by atoms with Gasteiger partial charge in [0.25, 0.3) is 5.56 Å². The van der Waals surface area contributed by atoms with Gasteiger partial charge in [-0.25, -0.2) is 4.98 Å². The van der Waals surface area contributed by atoms with Crippen molar-refractivity contribution in [3.8, 4) is 11.1 Å². The number of fused-ring (bicyclic) bond motifs is 1. The van der Waals surface area contributed by atoms with Crippen LogP contribution < -0.4 is 10.9 Å². The Morgan fingerprint density at radius 1 is 1.27 bits per heavy atom. The van der Waals surface area contributed by atoms with Crippen LogP contribution in [0.2, 0.25) is 0 Å². The van der Waals surface area contributed by atoms with Gasteiger partial charge in [-0.3, -0.25) is 4.79 Å². The number of aromatic amines is 1. The second kappa shape index (κ2) is 6.83. The topological polar surface area (TPSA) is 78.0 Å². The van der Waals surface area contributed by atoms with Crippen LogP contribution in [0.1, 0.15) is 12.2 Å². The maximum absolute atomic E-state index is 12.4. The summed E-state index contributed by atoms with van der Waals surface area (Å²) in [6.07, 6.45) is 0.684. The van der Waals surface area contributed by atoms with Crippen molar-refractivity contribution in [1.82, 2.24) is 15.3 Å². The fourth-order valence-electron chi connectivity index (χ4n) is 2.32. The van der Waals surface area contributed by atoms with E-state index >= 15 is 0 Å². The summed E-state index contributed by atoms with van der Waals surface area (Å²) in [7, 11) is 0. The average Bonchev–Trinajstić information content (AvgIpc) is 2.97. The van der Waals surface area contributed by atoms with Gasteiger partial charge < -0.3 is 15.4 Å². The molecule has 114 valence electrons. The first-order valence-electron chi connectivity index (χ1n) is 7.17. The monoisotopic (exact) mass is 315 g/mol. The van der Waals surface area contributed by atoms with E-state index in [0.717, 1.165) is 16.0 Å². The first kappa shape index (κ1) is 14.9. The Hall–Kier alpha value is -2.02. The summed E-state index contributed by atoms with van der Waals surface area (Å²) in [5, 5.41) is 14.5. The predicted octanol–water partition coefficient (Wildman–Crippen LogP) is 2.12. The molecule has 5 nitrogen and oxygen atoms in total. The van der Waals surface area contributed by atoms with Crippen molar-refractivity contribution >= 4 is 21.6 Å². The molecule has 0 radical (unpaired) electrons. The lowest BCUT2D eigenvalue weighted by molar-refractivity contribution is 0.286. The highest BCUT2D eigenvalue weighted by molar-refractivity contribution is 7.17. The molecule has 6 heteroatoms. The first-order chi connectivity index (χ1) is 10.8. The molecule has 0 aliphatic heterocycles. The average molecular weight is 315 g/mol. The summed E-state index contributed by atoms with van der Waals surface area (Å²) >= 11 is 1.48. The van der Waals surface area contributed by atoms with E-state index in [9.17, 15) is 4.79 Å². The van der Waals surface area contributed by atoms with Gasteiger partial charge in [-0.05, 0) is 18.5 Å². The molecule has 3 N–H and O–H groups in total. The van der Waals surface area contributed by atoms with Crippen molar-refractivity contribution in [3.05, 3.63) is 51.9 Å². The number of hydrogen-bond acceptors (Lipinski definition) is 5. The van der Waals surface area contributed by atoms with Crippen LogP contribution in [0, 0.1) is 0 Å². The van der Waals surface area contributed by atoms with Gasteiger partial charge in [-0.15, -0.1) is 11.3 Å². The van der Waals surface area contributed by atoms with Crippen LogP contribution in [0.4, 0.5) is 0 Å². The molecule has 0 spiro atoms. The number of nitrogens with one attached hydrogen (secondary N) is 2. The normalized spacial score (nSPS) is 11.1. The molecule has 0 atom stereocenters. The minimum absolute atomic E-state index is 0.107. The Balaban J connectivity index is 1.92. The molecule has 0 aliphatic rings. The van der Waals surface area contributed by atoms with Gasteiger partial charge in [0.2, 0.25) is 0 Å². The summed E-state index contributed by atoms with van der Waals surface area (Å²) in [6, 6.07) is 9.85. The Labute approximate surface area is 131 Å². The highest BCUT2D eigenvalue weighted by Gasteiger charge is 2.12. The van der Waals surface area contributed by atoms with Crippen LogP contribution >= 0.6 is 11.3 Å². The van der Waals surface area contributed by atoms with Gasteiger partial charge in [-0.1, -0.05) is 30.3 Å². The van der Waals surface area contributed by atoms with Gasteiger partial charge in [-0.2, -0.15) is 0 Å². The van der Waals surface area contributed by atoms with Crippen molar-refractivity contribution < 1.29 is 5.11 Å². The van der Waals surface area contributed by atoms with Gasteiger partial charge in [0.05, 0.1) is 11.9 Å². The van der Waals surface area contributed by atoms with Crippen molar-refractivity contribution in [2.75, 3.05) is 13.2 Å². The lowest BCUT2D eigenvalue weighted by atomic mass is 10.1. The van der Waals surface area contributed by atoms with Crippen molar-refractivity contribution in [3.63, 3.8) is 0 Å². The Morgan fingerprint density at radius 2 is 2.09 bits per heavy atom. The van der Waals surface area contributed by atoms with E-state index in [1.54, 1.807) is 0 Å². The minimum atomic E-state index is -0.107. The zero-order valence-electron chi connectivity index (χ0n) is 12.0. The lowest BCUT2D eigenvalue weighted by Crippen LogP contribution is -2.20. The van der Waals surface area contributed by atoms with Crippen LogP contribution in [0.3, 0.4) is 0 Å². The van der Waals surface area contributed by atoms with Crippen LogP contribution in [-0.2, 0) is 6.54 Å². The van der Waals surface area contributed by atoms with Crippen molar-refractivity contribution in [1.29, 1.82) is 0 Å². The van der Waals surface area contributed by atoms with E-state index in [-0.39, 0.29) is 12.2 Å². The van der Waals surface area contributed by atoms with E-state index in [1.807, 2.05) is 35.7 Å². The summed E-state index contributed by atoms with van der Waals surface area (Å²) in [6.45, 7) is 1.34. The fourth-order valence-corrected chi connectivity index (χ4v) is 3.29. The Kier molecular flexibility index (Phi) is 4.62. The van der Waals surface area contributed by atoms with Crippen LogP contribution in [-0.4, -0.2) is 28.2 Å². The van der Waals surface area contributed by atoms with Gasteiger partial charge in [0.15, 0.2) is 0 Å². The largest absolute Gasteiger partial charge is 0.396 e. The number of benzene rings is 1. The molecule has 2 aromatic heterocycles. The highest BCUT2D eigenvalue weighted by Crippen LogP contribution is 2.30. The zero-order chi connectivity index (χ0) is 15.4. The Morgan fingerprint density at radius 3 is 2.86 bits per heavy atom. The third kappa shape index (κ3) is 3.09. The molecule has 22 heavy (non-hydrogen) atoms. The third-order valence-corrected chi connectivity index (χ3v) is 4.25. The molecule has 2 heterocycles. The molecule has 0 amide bonds. The minimum Gasteiger partial charge on any atom is -0.396 e. The smallest absolute Gasteiger partial charge is 0.260 e. The molecule has 0 saturated carbocycles. The van der Waals surface area contributed by atoms with E-state index in [1.165, 1.54) is 11.3 Å². The van der Waals surface area contributed by atoms with E-state index in [4.69, 9.17) is 5.11 Å². The number of aliphatic hydroxyl groups excluding tert-OH is 1. The van der Waals surface area contributed by atoms with E-state index < -0.39 is 0 Å². The third-order valence-electron chi connectivity index (χ3n) is 3.38. The molecular weight excluding hydrogens is 298 g/mol. The van der Waals surface area contributed by atoms with E-state index in [2.05, 4.69) is 15.3 Å². The van der Waals surface area contributed by atoms with Gasteiger partial charge in [0, 0.05) is 17.6 Å². The standard InChI is InChI=1S/C16H17N3O2S/c20-8-4-7-17-9-13-18-15(21)14-12(10-22-16(14)19-13)11-5-2-1-3-6-11/h1-3,5-6,10,17,20H,4,7-9H2,(H,18,19,21). The molecule has 0 saturated heterocycles. The van der Waals surface area contributed by atoms with Crippen LogP contribution in [0.5, 0.6) is 0 Å². The summed E-state index contributed by atoms with van der Waals surface area (Å²) in [5.74, 6) is 0.622. The van der Waals surface area contributed by atoms with Gasteiger partial charge in [0.1, 0.15) is 10.7 Å². The fraction of sp³-hybridized carbons (Fsp3) is 0.250. The lowest BCUT2D eigenvalue weighted by Gasteiger charge is -2.04. The zero-order valence-corrected chi connectivity index (χ0v) is 12.8. The number of thiophene rings is 1. The number of hydrogen-bond donors (Lipinski definition) is 3. The second-order valence-electron chi connectivity index (χ2n) is 4.96. The van der Waals surface area contributed by atoms with Crippen LogP contribution in [0.15, 0.2) is 40.5 Å². The molecule has 0 aliphatic carbocycles. The quantitative estimate of drug-likeness (QED) is 0.609. The maximum atomic E-state index is 12.4. The molecule has 0 fully saturated rings. The van der Waals surface area contributed by atoms with E-state index in [0.29, 0.717) is 30.7 Å². The SMILES string of the molecule is O=c1[nH]c(CNCCCO)nc2scc(-c3ccccc3)c12. The first-order valence-corrected chi connectivity index (χ1v) is 8.05. The number of nitrogens with zero attached hydrogens (tertiary/aromatic N) is 1. The van der Waals surface area contributed by atoms with Crippen molar-refractivity contribution in [2.45, 2.75) is 13.0 Å². The molecule has 3 rings (SSSR count). The number of rotatable bonds is 6. The number of aliphatic hydroxyl groups is 1. The molecule has 3 aromatic rings. The highest BCUT2D eigenvalue weighted by atomic mass is 32.1. The summed E-state index contributed by atoms with van der Waals surface area (Å²) < 4.78 is 0. The summed E-state index contributed by atoms with van der Waals surface area (Å²) in [5.41, 5.74) is 1.84. The second-order valence-corrected chi connectivity index (χ2v) is 5.82. The maximum Gasteiger partial charge on any atom is 0.260 e. The Bertz CT molecular complexity index is 811. The molecule has 0 bridgehead atoms. The number of H-pyrrole nitrogens is 1. The van der Waals surface area contributed by atoms with Crippen LogP contribution in [0.25, 0.3) is 21.3 Å². The molecule has 0 unspecified atom stereocenters. The molecular formula is C16H17N3O2S. The number of aromatic nitrogens is 2. The predicted molar refractivity (Wildman–Crippen MR) is 89.1 cm³/mol.